The van der Waals surface area contributed by atoms with Crippen molar-refractivity contribution in [3.05, 3.63) is 70.4 Å². The average molecular weight is 299 g/mol. The first-order valence-corrected chi connectivity index (χ1v) is 7.13. The minimum absolute atomic E-state index is 0.195. The van der Waals surface area contributed by atoms with Crippen LogP contribution < -0.4 is 5.32 Å². The number of carbonyl (C=O) groups is 1. The molecule has 0 saturated heterocycles. The van der Waals surface area contributed by atoms with E-state index in [1.54, 1.807) is 0 Å². The van der Waals surface area contributed by atoms with Crippen LogP contribution in [-0.2, 0) is 6.54 Å². The molecular formula is C17H15ClN2O. The zero-order valence-corrected chi connectivity index (χ0v) is 12.4. The molecular weight excluding hydrogens is 284 g/mol. The fraction of sp³-hybridized carbons (Fsp3) is 0.118. The molecule has 0 atom stereocenters. The van der Waals surface area contributed by atoms with Crippen molar-refractivity contribution in [1.29, 1.82) is 0 Å². The van der Waals surface area contributed by atoms with Gasteiger partial charge in [-0.05, 0) is 24.1 Å². The van der Waals surface area contributed by atoms with Crippen LogP contribution in [0.4, 0.5) is 0 Å². The van der Waals surface area contributed by atoms with Crippen molar-refractivity contribution < 1.29 is 4.79 Å². The molecule has 0 bridgehead atoms. The van der Waals surface area contributed by atoms with Gasteiger partial charge in [-0.15, -0.1) is 0 Å². The second-order valence-corrected chi connectivity index (χ2v) is 5.35. The molecule has 0 aliphatic heterocycles. The summed E-state index contributed by atoms with van der Waals surface area (Å²) in [5, 5.41) is 4.23. The summed E-state index contributed by atoms with van der Waals surface area (Å²) in [6, 6.07) is 15.6. The molecule has 0 fully saturated rings. The van der Waals surface area contributed by atoms with E-state index in [1.165, 1.54) is 0 Å². The lowest BCUT2D eigenvalue weighted by Crippen LogP contribution is -2.23. The highest BCUT2D eigenvalue weighted by Crippen LogP contribution is 2.27. The van der Waals surface area contributed by atoms with E-state index in [9.17, 15) is 4.79 Å². The molecule has 4 heteroatoms. The highest BCUT2D eigenvalue weighted by atomic mass is 35.5. The number of hydrogen-bond donors (Lipinski definition) is 2. The van der Waals surface area contributed by atoms with E-state index >= 15 is 0 Å². The average Bonchev–Trinajstić information content (AvgIpc) is 2.84. The fourth-order valence-electron chi connectivity index (χ4n) is 2.34. The second-order valence-electron chi connectivity index (χ2n) is 4.97. The van der Waals surface area contributed by atoms with E-state index < -0.39 is 0 Å². The Bertz CT molecular complexity index is 807. The van der Waals surface area contributed by atoms with Gasteiger partial charge in [0.15, 0.2) is 0 Å². The fourth-order valence-corrected chi connectivity index (χ4v) is 2.63. The van der Waals surface area contributed by atoms with Crippen LogP contribution in [-0.4, -0.2) is 10.9 Å². The van der Waals surface area contributed by atoms with Crippen molar-refractivity contribution >= 4 is 28.4 Å². The molecule has 3 aromatic rings. The van der Waals surface area contributed by atoms with E-state index in [4.69, 9.17) is 11.6 Å². The Morgan fingerprint density at radius 1 is 1.14 bits per heavy atom. The van der Waals surface area contributed by atoms with Gasteiger partial charge in [0.1, 0.15) is 5.69 Å². The molecule has 3 rings (SSSR count). The number of fused-ring (bicyclic) bond motifs is 1. The molecule has 2 N–H and O–H groups in total. The van der Waals surface area contributed by atoms with Gasteiger partial charge in [-0.3, -0.25) is 4.79 Å². The molecule has 106 valence electrons. The molecule has 0 saturated carbocycles. The Balaban J connectivity index is 1.81. The van der Waals surface area contributed by atoms with Crippen LogP contribution in [0, 0.1) is 6.92 Å². The first kappa shape index (κ1) is 13.7. The maximum Gasteiger partial charge on any atom is 0.269 e. The normalized spacial score (nSPS) is 10.8. The maximum absolute atomic E-state index is 12.3. The number of aryl methyl sites for hydroxylation is 1. The van der Waals surface area contributed by atoms with E-state index in [0.717, 1.165) is 22.0 Å². The van der Waals surface area contributed by atoms with Crippen LogP contribution in [0.1, 0.15) is 21.6 Å². The van der Waals surface area contributed by atoms with Crippen molar-refractivity contribution in [3.8, 4) is 0 Å². The number of carbonyl (C=O) groups excluding carboxylic acids is 1. The molecule has 0 unspecified atom stereocenters. The van der Waals surface area contributed by atoms with Gasteiger partial charge in [0.2, 0.25) is 0 Å². The number of H-pyrrole nitrogens is 1. The summed E-state index contributed by atoms with van der Waals surface area (Å²) in [6.45, 7) is 2.51. The maximum atomic E-state index is 12.3. The summed E-state index contributed by atoms with van der Waals surface area (Å²) in [7, 11) is 0. The Kier molecular flexibility index (Phi) is 3.67. The first-order valence-electron chi connectivity index (χ1n) is 6.75. The number of benzene rings is 2. The number of amides is 1. The van der Waals surface area contributed by atoms with Crippen molar-refractivity contribution in [2.45, 2.75) is 13.5 Å². The molecule has 3 nitrogen and oxygen atoms in total. The topological polar surface area (TPSA) is 44.9 Å². The summed E-state index contributed by atoms with van der Waals surface area (Å²) in [4.78, 5) is 15.4. The number of aromatic amines is 1. The van der Waals surface area contributed by atoms with E-state index in [-0.39, 0.29) is 5.91 Å². The molecule has 2 aromatic carbocycles. The monoisotopic (exact) mass is 298 g/mol. The zero-order chi connectivity index (χ0) is 14.8. The first-order chi connectivity index (χ1) is 10.2. The lowest BCUT2D eigenvalue weighted by Gasteiger charge is -2.07. The number of rotatable bonds is 3. The smallest absolute Gasteiger partial charge is 0.269 e. The lowest BCUT2D eigenvalue weighted by molar-refractivity contribution is 0.0947. The summed E-state index contributed by atoms with van der Waals surface area (Å²) >= 11 is 6.27. The summed E-state index contributed by atoms with van der Waals surface area (Å²) < 4.78 is 0. The van der Waals surface area contributed by atoms with Gasteiger partial charge in [-0.2, -0.15) is 0 Å². The number of aromatic nitrogens is 1. The predicted molar refractivity (Wildman–Crippen MR) is 85.7 cm³/mol. The van der Waals surface area contributed by atoms with Crippen LogP contribution >= 0.6 is 11.6 Å². The summed E-state index contributed by atoms with van der Waals surface area (Å²) in [6.07, 6.45) is 0. The second kappa shape index (κ2) is 5.62. The molecule has 0 aliphatic carbocycles. The quantitative estimate of drug-likeness (QED) is 0.752. The zero-order valence-electron chi connectivity index (χ0n) is 11.6. The number of nitrogens with one attached hydrogen (secondary N) is 2. The SMILES string of the molecule is Cc1ccccc1CNC(=O)c1[nH]c2ccccc2c1Cl. The summed E-state index contributed by atoms with van der Waals surface area (Å²) in [5.74, 6) is -0.195. The van der Waals surface area contributed by atoms with Gasteiger partial charge in [0.25, 0.3) is 5.91 Å². The summed E-state index contributed by atoms with van der Waals surface area (Å²) in [5.41, 5.74) is 3.52. The van der Waals surface area contributed by atoms with Gasteiger partial charge in [0, 0.05) is 17.4 Å². The van der Waals surface area contributed by atoms with Crippen LogP contribution in [0.5, 0.6) is 0 Å². The van der Waals surface area contributed by atoms with Crippen LogP contribution in [0.15, 0.2) is 48.5 Å². The Morgan fingerprint density at radius 3 is 2.62 bits per heavy atom. The molecule has 1 amide bonds. The molecule has 1 aromatic heterocycles. The predicted octanol–water partition coefficient (Wildman–Crippen LogP) is 4.06. The van der Waals surface area contributed by atoms with E-state index in [2.05, 4.69) is 10.3 Å². The van der Waals surface area contributed by atoms with E-state index in [1.807, 2.05) is 55.5 Å². The van der Waals surface area contributed by atoms with Gasteiger partial charge in [-0.25, -0.2) is 0 Å². The third-order valence-corrected chi connectivity index (χ3v) is 3.96. The van der Waals surface area contributed by atoms with Gasteiger partial charge >= 0.3 is 0 Å². The van der Waals surface area contributed by atoms with Gasteiger partial charge < -0.3 is 10.3 Å². The van der Waals surface area contributed by atoms with Crippen LogP contribution in [0.25, 0.3) is 10.9 Å². The van der Waals surface area contributed by atoms with Crippen molar-refractivity contribution in [2.75, 3.05) is 0 Å². The standard InChI is InChI=1S/C17H15ClN2O/c1-11-6-2-3-7-12(11)10-19-17(21)16-15(18)13-8-4-5-9-14(13)20-16/h2-9,20H,10H2,1H3,(H,19,21). The minimum Gasteiger partial charge on any atom is -0.349 e. The number of hydrogen-bond acceptors (Lipinski definition) is 1. The molecule has 1 heterocycles. The minimum atomic E-state index is -0.195. The molecule has 0 spiro atoms. The Labute approximate surface area is 127 Å². The van der Waals surface area contributed by atoms with Crippen molar-refractivity contribution in [2.24, 2.45) is 0 Å². The van der Waals surface area contributed by atoms with Crippen LogP contribution in [0.3, 0.4) is 0 Å². The molecule has 0 radical (unpaired) electrons. The molecule has 0 aliphatic rings. The van der Waals surface area contributed by atoms with Gasteiger partial charge in [-0.1, -0.05) is 54.1 Å². The van der Waals surface area contributed by atoms with E-state index in [0.29, 0.717) is 17.3 Å². The highest BCUT2D eigenvalue weighted by molar-refractivity contribution is 6.38. The molecule has 21 heavy (non-hydrogen) atoms. The third kappa shape index (κ3) is 2.65. The Hall–Kier alpha value is -2.26. The van der Waals surface area contributed by atoms with Crippen molar-refractivity contribution in [3.63, 3.8) is 0 Å². The largest absolute Gasteiger partial charge is 0.349 e. The van der Waals surface area contributed by atoms with Crippen molar-refractivity contribution in [1.82, 2.24) is 10.3 Å². The number of halogens is 1. The van der Waals surface area contributed by atoms with Gasteiger partial charge in [0.05, 0.1) is 5.02 Å². The third-order valence-electron chi connectivity index (χ3n) is 3.57. The van der Waals surface area contributed by atoms with Crippen LogP contribution in [0.2, 0.25) is 5.02 Å². The number of para-hydroxylation sites is 1. The Morgan fingerprint density at radius 2 is 1.86 bits per heavy atom. The lowest BCUT2D eigenvalue weighted by atomic mass is 10.1. The highest BCUT2D eigenvalue weighted by Gasteiger charge is 2.15.